The molecule has 0 aliphatic rings. The van der Waals surface area contributed by atoms with Gasteiger partial charge in [-0.3, -0.25) is 0 Å². The Bertz CT molecular complexity index is 815. The van der Waals surface area contributed by atoms with Crippen LogP contribution in [0.4, 0.5) is 4.39 Å². The first kappa shape index (κ1) is 11.3. The fourth-order valence-electron chi connectivity index (χ4n) is 1.95. The van der Waals surface area contributed by atoms with E-state index < -0.39 is 5.82 Å². The smallest absolute Gasteiger partial charge is 0.170 e. The zero-order valence-electron chi connectivity index (χ0n) is 9.72. The van der Waals surface area contributed by atoms with Gasteiger partial charge in [-0.15, -0.1) is 0 Å². The van der Waals surface area contributed by atoms with Gasteiger partial charge in [0.2, 0.25) is 0 Å². The monoisotopic (exact) mass is 253 g/mol. The lowest BCUT2D eigenvalue weighted by atomic mass is 10.1. The Morgan fingerprint density at radius 1 is 1.16 bits per heavy atom. The number of phenols is 1. The van der Waals surface area contributed by atoms with E-state index in [1.54, 1.807) is 24.3 Å². The zero-order chi connectivity index (χ0) is 13.4. The van der Waals surface area contributed by atoms with Gasteiger partial charge in [0.15, 0.2) is 11.4 Å². The third-order valence-corrected chi connectivity index (χ3v) is 2.90. The molecule has 92 valence electrons. The van der Waals surface area contributed by atoms with Crippen LogP contribution in [0, 0.1) is 17.1 Å². The van der Waals surface area contributed by atoms with Gasteiger partial charge < -0.3 is 9.52 Å². The predicted molar refractivity (Wildman–Crippen MR) is 68.0 cm³/mol. The molecular weight excluding hydrogens is 245 g/mol. The number of para-hydroxylation sites is 1. The number of fused-ring (bicyclic) bond motifs is 1. The second kappa shape index (κ2) is 4.14. The van der Waals surface area contributed by atoms with Gasteiger partial charge in [-0.2, -0.15) is 5.26 Å². The number of nitrogens with zero attached hydrogens (tertiary/aromatic N) is 1. The lowest BCUT2D eigenvalue weighted by Crippen LogP contribution is -1.79. The minimum Gasteiger partial charge on any atom is -0.507 e. The molecule has 0 bridgehead atoms. The van der Waals surface area contributed by atoms with Crippen molar-refractivity contribution in [3.63, 3.8) is 0 Å². The maximum absolute atomic E-state index is 13.5. The van der Waals surface area contributed by atoms with Crippen molar-refractivity contribution in [2.45, 2.75) is 0 Å². The predicted octanol–water partition coefficient (Wildman–Crippen LogP) is 3.82. The summed E-state index contributed by atoms with van der Waals surface area (Å²) in [6.45, 7) is 0. The molecule has 0 amide bonds. The van der Waals surface area contributed by atoms with Crippen LogP contribution in [-0.4, -0.2) is 5.11 Å². The Morgan fingerprint density at radius 3 is 2.74 bits per heavy atom. The van der Waals surface area contributed by atoms with Crippen LogP contribution >= 0.6 is 0 Å². The lowest BCUT2D eigenvalue weighted by Gasteiger charge is -1.99. The van der Waals surface area contributed by atoms with E-state index in [1.165, 1.54) is 18.2 Å². The minimum atomic E-state index is -0.428. The summed E-state index contributed by atoms with van der Waals surface area (Å²) in [7, 11) is 0. The Labute approximate surface area is 108 Å². The number of hydrogen-bond donors (Lipinski definition) is 1. The van der Waals surface area contributed by atoms with Gasteiger partial charge in [0.05, 0.1) is 5.56 Å². The van der Waals surface area contributed by atoms with Crippen LogP contribution in [0.5, 0.6) is 5.75 Å². The van der Waals surface area contributed by atoms with E-state index in [0.29, 0.717) is 16.7 Å². The van der Waals surface area contributed by atoms with Crippen LogP contribution in [0.3, 0.4) is 0 Å². The van der Waals surface area contributed by atoms with Crippen molar-refractivity contribution in [3.8, 4) is 23.1 Å². The van der Waals surface area contributed by atoms with Crippen LogP contribution in [0.25, 0.3) is 22.3 Å². The van der Waals surface area contributed by atoms with E-state index >= 15 is 0 Å². The fourth-order valence-corrected chi connectivity index (χ4v) is 1.95. The number of benzene rings is 2. The third kappa shape index (κ3) is 1.81. The van der Waals surface area contributed by atoms with Gasteiger partial charge >= 0.3 is 0 Å². The molecule has 0 saturated carbocycles. The topological polar surface area (TPSA) is 57.2 Å². The van der Waals surface area contributed by atoms with Gasteiger partial charge in [0, 0.05) is 10.9 Å². The molecule has 0 radical (unpaired) electrons. The first-order valence-electron chi connectivity index (χ1n) is 5.60. The molecule has 0 saturated heterocycles. The highest BCUT2D eigenvalue weighted by molar-refractivity contribution is 5.83. The number of halogens is 1. The highest BCUT2D eigenvalue weighted by Crippen LogP contribution is 2.31. The number of hydrogen-bond acceptors (Lipinski definition) is 3. The molecule has 3 rings (SSSR count). The van der Waals surface area contributed by atoms with Crippen molar-refractivity contribution in [3.05, 3.63) is 53.8 Å². The van der Waals surface area contributed by atoms with E-state index in [4.69, 9.17) is 9.68 Å². The summed E-state index contributed by atoms with van der Waals surface area (Å²) in [4.78, 5) is 0. The molecular formula is C15H8FNO2. The van der Waals surface area contributed by atoms with Crippen LogP contribution in [-0.2, 0) is 0 Å². The van der Waals surface area contributed by atoms with E-state index in [1.807, 2.05) is 6.07 Å². The molecule has 3 nitrogen and oxygen atoms in total. The van der Waals surface area contributed by atoms with Crippen molar-refractivity contribution in [1.82, 2.24) is 0 Å². The van der Waals surface area contributed by atoms with Crippen LogP contribution < -0.4 is 0 Å². The molecule has 0 fully saturated rings. The van der Waals surface area contributed by atoms with Gasteiger partial charge in [0.25, 0.3) is 0 Å². The summed E-state index contributed by atoms with van der Waals surface area (Å²) in [5.74, 6) is -0.0619. The van der Waals surface area contributed by atoms with Crippen molar-refractivity contribution in [2.24, 2.45) is 0 Å². The molecule has 0 aliphatic carbocycles. The number of nitriles is 1. The normalized spacial score (nSPS) is 10.5. The first-order chi connectivity index (χ1) is 9.19. The number of rotatable bonds is 1. The van der Waals surface area contributed by atoms with E-state index in [0.717, 1.165) is 0 Å². The molecule has 0 atom stereocenters. The quantitative estimate of drug-likeness (QED) is 0.717. The first-order valence-corrected chi connectivity index (χ1v) is 5.60. The summed E-state index contributed by atoms with van der Waals surface area (Å²) >= 11 is 0. The summed E-state index contributed by atoms with van der Waals surface area (Å²) in [5.41, 5.74) is 0.951. The SMILES string of the molecule is N#Cc1cc(-c2cc3cccc(F)c3o2)ccc1O. The molecule has 19 heavy (non-hydrogen) atoms. The average molecular weight is 253 g/mol. The molecule has 3 aromatic rings. The van der Waals surface area contributed by atoms with Gasteiger partial charge in [-0.1, -0.05) is 12.1 Å². The summed E-state index contributed by atoms with van der Waals surface area (Å²) < 4.78 is 19.0. The van der Waals surface area contributed by atoms with E-state index in [9.17, 15) is 9.50 Å². The largest absolute Gasteiger partial charge is 0.507 e. The minimum absolute atomic E-state index is 0.0893. The number of furan rings is 1. The maximum atomic E-state index is 13.5. The summed E-state index contributed by atoms with van der Waals surface area (Å²) in [6, 6.07) is 12.8. The molecule has 0 aliphatic heterocycles. The second-order valence-corrected chi connectivity index (χ2v) is 4.11. The number of phenolic OH excluding ortho intramolecular Hbond substituents is 1. The average Bonchev–Trinajstić information content (AvgIpc) is 2.85. The van der Waals surface area contributed by atoms with Crippen LogP contribution in [0.2, 0.25) is 0 Å². The summed E-state index contributed by atoms with van der Waals surface area (Å²) in [5, 5.41) is 19.0. The molecule has 1 heterocycles. The molecule has 0 unspecified atom stereocenters. The lowest BCUT2D eigenvalue weighted by molar-refractivity contribution is 0.473. The third-order valence-electron chi connectivity index (χ3n) is 2.90. The number of aromatic hydroxyl groups is 1. The Balaban J connectivity index is 2.20. The van der Waals surface area contributed by atoms with Crippen molar-refractivity contribution < 1.29 is 13.9 Å². The van der Waals surface area contributed by atoms with Crippen molar-refractivity contribution in [1.29, 1.82) is 5.26 Å². The molecule has 0 spiro atoms. The maximum Gasteiger partial charge on any atom is 0.170 e. The highest BCUT2D eigenvalue weighted by atomic mass is 19.1. The molecule has 1 aromatic heterocycles. The van der Waals surface area contributed by atoms with Crippen LogP contribution in [0.15, 0.2) is 46.9 Å². The molecule has 1 N–H and O–H groups in total. The Kier molecular flexibility index (Phi) is 2.46. The standard InChI is InChI=1S/C15H8FNO2/c16-12-3-1-2-10-7-14(19-15(10)12)9-4-5-13(18)11(6-9)8-17/h1-7,18H. The van der Waals surface area contributed by atoms with Crippen LogP contribution in [0.1, 0.15) is 5.56 Å². The van der Waals surface area contributed by atoms with Gasteiger partial charge in [0.1, 0.15) is 17.6 Å². The van der Waals surface area contributed by atoms with Crippen molar-refractivity contribution >= 4 is 11.0 Å². The summed E-state index contributed by atoms with van der Waals surface area (Å²) in [6.07, 6.45) is 0. The molecule has 4 heteroatoms. The zero-order valence-corrected chi connectivity index (χ0v) is 9.72. The van der Waals surface area contributed by atoms with Crippen molar-refractivity contribution in [2.75, 3.05) is 0 Å². The van der Waals surface area contributed by atoms with Gasteiger partial charge in [-0.05, 0) is 30.3 Å². The second-order valence-electron chi connectivity index (χ2n) is 4.11. The van der Waals surface area contributed by atoms with Gasteiger partial charge in [-0.25, -0.2) is 4.39 Å². The Morgan fingerprint density at radius 2 is 2.00 bits per heavy atom. The highest BCUT2D eigenvalue weighted by Gasteiger charge is 2.11. The molecule has 2 aromatic carbocycles. The van der Waals surface area contributed by atoms with E-state index in [2.05, 4.69) is 0 Å². The fraction of sp³-hybridized carbons (Fsp3) is 0. The van der Waals surface area contributed by atoms with E-state index in [-0.39, 0.29) is 16.9 Å². The Hall–Kier alpha value is -2.80.